The first-order valence-corrected chi connectivity index (χ1v) is 6.43. The van der Waals surface area contributed by atoms with Crippen molar-refractivity contribution in [3.8, 4) is 5.88 Å². The number of rotatable bonds is 3. The van der Waals surface area contributed by atoms with Crippen molar-refractivity contribution in [2.75, 3.05) is 0 Å². The van der Waals surface area contributed by atoms with Gasteiger partial charge < -0.3 is 4.18 Å². The summed E-state index contributed by atoms with van der Waals surface area (Å²) in [6.07, 6.45) is 0. The molecule has 1 aromatic rings. The van der Waals surface area contributed by atoms with Crippen molar-refractivity contribution in [1.82, 2.24) is 9.71 Å². The fourth-order valence-corrected chi connectivity index (χ4v) is 1.62. The Labute approximate surface area is 115 Å². The molecule has 19 heavy (non-hydrogen) atoms. The molecule has 0 aliphatic heterocycles. The topological polar surface area (TPSA) is 85.4 Å². The van der Waals surface area contributed by atoms with Gasteiger partial charge in [0.05, 0.1) is 5.56 Å². The Kier molecular flexibility index (Phi) is 4.53. The van der Waals surface area contributed by atoms with Crippen LogP contribution in [-0.4, -0.2) is 24.8 Å². The van der Waals surface area contributed by atoms with E-state index in [2.05, 4.69) is 22.0 Å². The Morgan fingerprint density at radius 3 is 2.42 bits per heavy atom. The lowest BCUT2D eigenvalue weighted by molar-refractivity contribution is -0.0501. The molecule has 1 amide bonds. The van der Waals surface area contributed by atoms with Crippen LogP contribution in [0.1, 0.15) is 10.4 Å². The highest BCUT2D eigenvalue weighted by Crippen LogP contribution is 2.27. The Bertz CT molecular complexity index is 605. The van der Waals surface area contributed by atoms with Gasteiger partial charge in [0.15, 0.2) is 0 Å². The van der Waals surface area contributed by atoms with Crippen LogP contribution in [-0.2, 0) is 10.1 Å². The normalized spacial score (nSPS) is 12.1. The molecule has 1 aromatic heterocycles. The Balaban J connectivity index is 3.07. The van der Waals surface area contributed by atoms with Crippen molar-refractivity contribution in [2.24, 2.45) is 0 Å². The molecule has 1 rings (SSSR count). The number of carbonyl (C=O) groups excluding carboxylic acids is 1. The van der Waals surface area contributed by atoms with E-state index in [0.29, 0.717) is 0 Å². The van der Waals surface area contributed by atoms with Gasteiger partial charge in [0.2, 0.25) is 5.88 Å². The summed E-state index contributed by atoms with van der Waals surface area (Å²) in [4.78, 5) is 14.3. The Morgan fingerprint density at radius 1 is 1.42 bits per heavy atom. The smallest absolute Gasteiger partial charge is 0.355 e. The summed E-state index contributed by atoms with van der Waals surface area (Å²) in [5, 5.41) is -0.540. The van der Waals surface area contributed by atoms with Gasteiger partial charge in [0.25, 0.3) is 5.91 Å². The molecule has 0 atom stereocenters. The lowest BCUT2D eigenvalue weighted by Gasteiger charge is -2.09. The largest absolute Gasteiger partial charge is 0.534 e. The maximum Gasteiger partial charge on any atom is 0.534 e. The van der Waals surface area contributed by atoms with Gasteiger partial charge in [-0.2, -0.15) is 26.6 Å². The number of hydrogen-bond acceptors (Lipinski definition) is 6. The zero-order valence-corrected chi connectivity index (χ0v) is 11.1. The molecule has 0 spiro atoms. The lowest BCUT2D eigenvalue weighted by Crippen LogP contribution is -2.28. The molecule has 1 heterocycles. The first-order valence-electron chi connectivity index (χ1n) is 4.20. The summed E-state index contributed by atoms with van der Waals surface area (Å²) < 4.78 is 63.1. The molecule has 12 heteroatoms. The van der Waals surface area contributed by atoms with Crippen LogP contribution in [0.2, 0.25) is 5.15 Å². The molecule has 1 N–H and O–H groups in total. The molecular weight excluding hydrogens is 333 g/mol. The second-order valence-electron chi connectivity index (χ2n) is 2.91. The highest BCUT2D eigenvalue weighted by Gasteiger charge is 2.48. The fourth-order valence-electron chi connectivity index (χ4n) is 0.853. The highest BCUT2D eigenvalue weighted by molar-refractivity contribution is 7.87. The van der Waals surface area contributed by atoms with Crippen LogP contribution in [0.3, 0.4) is 0 Å². The monoisotopic (exact) mass is 336 g/mol. The van der Waals surface area contributed by atoms with Crippen molar-refractivity contribution in [3.63, 3.8) is 0 Å². The zero-order chi connectivity index (χ0) is 14.8. The van der Waals surface area contributed by atoms with E-state index in [4.69, 9.17) is 11.6 Å². The number of hydrogen-bond donors (Lipinski definition) is 2. The molecule has 0 aromatic carbocycles. The fraction of sp³-hybridized carbons (Fsp3) is 0.143. The van der Waals surface area contributed by atoms with Crippen LogP contribution in [0, 0.1) is 0 Å². The summed E-state index contributed by atoms with van der Waals surface area (Å²) in [5.41, 5.74) is -5.81. The molecule has 0 aliphatic carbocycles. The van der Waals surface area contributed by atoms with Gasteiger partial charge in [0, 0.05) is 6.07 Å². The highest BCUT2D eigenvalue weighted by atomic mass is 35.5. The third-order valence-electron chi connectivity index (χ3n) is 1.65. The second-order valence-corrected chi connectivity index (χ2v) is 5.03. The van der Waals surface area contributed by atoms with Gasteiger partial charge in [0.1, 0.15) is 5.15 Å². The number of pyridine rings is 1. The van der Waals surface area contributed by atoms with Crippen LogP contribution < -0.4 is 8.91 Å². The molecule has 0 saturated heterocycles. The van der Waals surface area contributed by atoms with E-state index >= 15 is 0 Å². The number of halogens is 4. The number of amides is 1. The maximum absolute atomic E-state index is 12.0. The van der Waals surface area contributed by atoms with Crippen molar-refractivity contribution in [2.45, 2.75) is 5.51 Å². The quantitative estimate of drug-likeness (QED) is 0.378. The molecule has 6 nitrogen and oxygen atoms in total. The van der Waals surface area contributed by atoms with Gasteiger partial charge >= 0.3 is 15.6 Å². The average molecular weight is 337 g/mol. The molecule has 0 bridgehead atoms. The number of alkyl halides is 3. The summed E-state index contributed by atoms with van der Waals surface area (Å²) in [7, 11) is -5.84. The molecule has 0 fully saturated rings. The first-order chi connectivity index (χ1) is 8.58. The first kappa shape index (κ1) is 15.9. The predicted octanol–water partition coefficient (Wildman–Crippen LogP) is 1.54. The molecule has 106 valence electrons. The van der Waals surface area contributed by atoms with E-state index in [9.17, 15) is 26.4 Å². The molecule has 0 saturated carbocycles. The van der Waals surface area contributed by atoms with E-state index in [0.717, 1.165) is 12.1 Å². The van der Waals surface area contributed by atoms with E-state index in [1.54, 1.807) is 0 Å². The van der Waals surface area contributed by atoms with Crippen molar-refractivity contribution in [1.29, 1.82) is 0 Å². The van der Waals surface area contributed by atoms with Gasteiger partial charge in [-0.3, -0.25) is 9.52 Å². The standard InChI is InChI=1S/C7H4ClF3N2O4S2/c8-5-3(6(14)13-18)1-2-4(12-5)17-19(15,16)7(9,10)11/h1-2,18H,(H,13,14). The van der Waals surface area contributed by atoms with E-state index in [1.807, 2.05) is 4.72 Å². The zero-order valence-electron chi connectivity index (χ0n) is 8.60. The van der Waals surface area contributed by atoms with Crippen LogP contribution in [0.4, 0.5) is 13.2 Å². The summed E-state index contributed by atoms with van der Waals surface area (Å²) in [6.45, 7) is 0. The number of nitrogens with one attached hydrogen (secondary N) is 1. The van der Waals surface area contributed by atoms with Crippen molar-refractivity contribution >= 4 is 40.4 Å². The third kappa shape index (κ3) is 3.64. The van der Waals surface area contributed by atoms with Gasteiger partial charge in [-0.05, 0) is 6.07 Å². The minimum atomic E-state index is -5.84. The van der Waals surface area contributed by atoms with Crippen LogP contribution in [0.15, 0.2) is 12.1 Å². The average Bonchev–Trinajstić information content (AvgIpc) is 2.26. The van der Waals surface area contributed by atoms with E-state index in [1.165, 1.54) is 0 Å². The van der Waals surface area contributed by atoms with E-state index < -0.39 is 32.6 Å². The van der Waals surface area contributed by atoms with Gasteiger partial charge in [-0.1, -0.05) is 24.4 Å². The maximum atomic E-state index is 12.0. The summed E-state index contributed by atoms with van der Waals surface area (Å²) in [5.74, 6) is -1.69. The van der Waals surface area contributed by atoms with Crippen molar-refractivity contribution < 1.29 is 30.6 Å². The minimum absolute atomic E-state index is 0.214. The Hall–Kier alpha value is -1.20. The Morgan fingerprint density at radius 2 is 2.00 bits per heavy atom. The van der Waals surface area contributed by atoms with Crippen LogP contribution in [0.5, 0.6) is 5.88 Å². The minimum Gasteiger partial charge on any atom is -0.355 e. The third-order valence-corrected chi connectivity index (χ3v) is 3.10. The molecule has 0 unspecified atom stereocenters. The number of nitrogens with zero attached hydrogens (tertiary/aromatic N) is 1. The van der Waals surface area contributed by atoms with E-state index in [-0.39, 0.29) is 5.56 Å². The molecule has 0 aliphatic rings. The second kappa shape index (κ2) is 5.43. The van der Waals surface area contributed by atoms with Crippen LogP contribution >= 0.6 is 24.4 Å². The van der Waals surface area contributed by atoms with Crippen LogP contribution in [0.25, 0.3) is 0 Å². The number of carbonyl (C=O) groups is 1. The molecular formula is C7H4ClF3N2O4S2. The predicted molar refractivity (Wildman–Crippen MR) is 61.3 cm³/mol. The van der Waals surface area contributed by atoms with Crippen molar-refractivity contribution in [3.05, 3.63) is 22.8 Å². The van der Waals surface area contributed by atoms with Gasteiger partial charge in [-0.15, -0.1) is 0 Å². The molecule has 0 radical (unpaired) electrons. The SMILES string of the molecule is O=C(NS)c1ccc(OS(=O)(=O)C(F)(F)F)nc1Cl. The number of aromatic nitrogens is 1. The lowest BCUT2D eigenvalue weighted by atomic mass is 10.3. The summed E-state index contributed by atoms with van der Waals surface area (Å²) in [6, 6.07) is 1.68. The number of thiol groups is 1. The van der Waals surface area contributed by atoms with Gasteiger partial charge in [-0.25, -0.2) is 0 Å². The summed E-state index contributed by atoms with van der Waals surface area (Å²) >= 11 is 8.93.